The van der Waals surface area contributed by atoms with E-state index in [-0.39, 0.29) is 17.4 Å². The van der Waals surface area contributed by atoms with Gasteiger partial charge in [-0.2, -0.15) is 5.26 Å². The number of nitrogens with zero attached hydrogens (tertiary/aromatic N) is 1. The average molecular weight is 466 g/mol. The van der Waals surface area contributed by atoms with Crippen molar-refractivity contribution in [2.45, 2.75) is 18.2 Å². The van der Waals surface area contributed by atoms with Crippen LogP contribution in [0.15, 0.2) is 77.7 Å². The molecule has 0 radical (unpaired) electrons. The Morgan fingerprint density at radius 1 is 0.879 bits per heavy atom. The van der Waals surface area contributed by atoms with Gasteiger partial charge in [0.25, 0.3) is 15.9 Å². The fourth-order valence-corrected chi connectivity index (χ4v) is 3.92. The first kappa shape index (κ1) is 23.6. The summed E-state index contributed by atoms with van der Waals surface area (Å²) >= 11 is 0. The van der Waals surface area contributed by atoms with Crippen LogP contribution in [0, 0.1) is 11.3 Å². The van der Waals surface area contributed by atoms with Gasteiger partial charge in [0.1, 0.15) is 11.5 Å². The van der Waals surface area contributed by atoms with Crippen molar-refractivity contribution in [1.29, 1.82) is 5.26 Å². The molecule has 0 saturated carbocycles. The van der Waals surface area contributed by atoms with Crippen molar-refractivity contribution in [2.75, 3.05) is 23.3 Å². The molecule has 170 valence electrons. The molecule has 2 N–H and O–H groups in total. The van der Waals surface area contributed by atoms with Crippen molar-refractivity contribution < 1.29 is 22.7 Å². The maximum atomic E-state index is 12.6. The van der Waals surface area contributed by atoms with E-state index in [1.54, 1.807) is 48.5 Å². The third-order valence-corrected chi connectivity index (χ3v) is 5.84. The summed E-state index contributed by atoms with van der Waals surface area (Å²) in [5, 5.41) is 11.4. The quantitative estimate of drug-likeness (QED) is 0.468. The number of amides is 1. The van der Waals surface area contributed by atoms with Gasteiger partial charge in [-0.25, -0.2) is 8.42 Å². The Bertz CT molecular complexity index is 1220. The minimum Gasteiger partial charge on any atom is -0.494 e. The molecule has 0 unspecified atom stereocenters. The molecule has 33 heavy (non-hydrogen) atoms. The van der Waals surface area contributed by atoms with E-state index in [0.29, 0.717) is 35.9 Å². The molecule has 0 spiro atoms. The molecular weight excluding hydrogens is 442 g/mol. The Hall–Kier alpha value is -4.03. The molecule has 8 nitrogen and oxygen atoms in total. The van der Waals surface area contributed by atoms with E-state index >= 15 is 0 Å². The van der Waals surface area contributed by atoms with Crippen LogP contribution in [0.5, 0.6) is 11.5 Å². The van der Waals surface area contributed by atoms with E-state index in [1.165, 1.54) is 24.3 Å². The largest absolute Gasteiger partial charge is 0.494 e. The highest BCUT2D eigenvalue weighted by molar-refractivity contribution is 7.92. The van der Waals surface area contributed by atoms with Crippen molar-refractivity contribution >= 4 is 27.3 Å². The summed E-state index contributed by atoms with van der Waals surface area (Å²) < 4.78 is 38.5. The van der Waals surface area contributed by atoms with E-state index in [2.05, 4.69) is 16.1 Å². The van der Waals surface area contributed by atoms with Crippen LogP contribution in [-0.2, 0) is 21.2 Å². The zero-order valence-corrected chi connectivity index (χ0v) is 18.8. The number of anilines is 2. The van der Waals surface area contributed by atoms with Crippen LogP contribution in [0.4, 0.5) is 11.4 Å². The summed E-state index contributed by atoms with van der Waals surface area (Å²) in [4.78, 5) is 12.1. The highest BCUT2D eigenvalue weighted by Gasteiger charge is 2.14. The molecule has 1 amide bonds. The average Bonchev–Trinajstić information content (AvgIpc) is 2.81. The number of hydrogen-bond donors (Lipinski definition) is 2. The summed E-state index contributed by atoms with van der Waals surface area (Å²) in [7, 11) is -3.78. The number of ether oxygens (including phenoxy) is 2. The fraction of sp³-hybridized carbons (Fsp3) is 0.167. The third kappa shape index (κ3) is 6.98. The third-order valence-electron chi connectivity index (χ3n) is 4.44. The van der Waals surface area contributed by atoms with E-state index in [1.807, 2.05) is 6.92 Å². The molecule has 0 aliphatic heterocycles. The van der Waals surface area contributed by atoms with Gasteiger partial charge in [-0.05, 0) is 73.2 Å². The first-order chi connectivity index (χ1) is 15.9. The van der Waals surface area contributed by atoms with Crippen LogP contribution < -0.4 is 19.5 Å². The first-order valence-electron chi connectivity index (χ1n) is 10.1. The summed E-state index contributed by atoms with van der Waals surface area (Å²) in [6.07, 6.45) is 0.304. The molecule has 3 aromatic rings. The Kier molecular flexibility index (Phi) is 7.89. The maximum Gasteiger partial charge on any atom is 0.262 e. The molecule has 9 heteroatoms. The number of carbonyl (C=O) groups is 1. The lowest BCUT2D eigenvalue weighted by Gasteiger charge is -2.11. The number of benzene rings is 3. The topological polar surface area (TPSA) is 118 Å². The SMILES string of the molecule is CCOc1ccc(NS(=O)(=O)c2ccc(OCC(=O)Nc3ccc(CC#N)cc3)cc2)cc1. The lowest BCUT2D eigenvalue weighted by Crippen LogP contribution is -2.20. The molecule has 0 bridgehead atoms. The number of hydrogen-bond acceptors (Lipinski definition) is 6. The van der Waals surface area contributed by atoms with Crippen LogP contribution >= 0.6 is 0 Å². The van der Waals surface area contributed by atoms with E-state index in [9.17, 15) is 13.2 Å². The summed E-state index contributed by atoms with van der Waals surface area (Å²) in [5.41, 5.74) is 1.86. The van der Waals surface area contributed by atoms with Crippen LogP contribution in [0.2, 0.25) is 0 Å². The van der Waals surface area contributed by atoms with Crippen LogP contribution in [0.25, 0.3) is 0 Å². The number of rotatable bonds is 10. The Balaban J connectivity index is 1.53. The standard InChI is InChI=1S/C24H23N3O5S/c1-2-31-21-9-7-20(8-10-21)27-33(29,30)23-13-11-22(12-14-23)32-17-24(28)26-19-5-3-18(4-6-19)15-16-25/h3-14,27H,2,15,17H2,1H3,(H,26,28). The van der Waals surface area contributed by atoms with E-state index in [4.69, 9.17) is 14.7 Å². The normalized spacial score (nSPS) is 10.7. The van der Waals surface area contributed by atoms with Gasteiger partial charge in [0.2, 0.25) is 0 Å². The van der Waals surface area contributed by atoms with Crippen molar-refractivity contribution in [3.8, 4) is 17.6 Å². The first-order valence-corrected chi connectivity index (χ1v) is 11.6. The lowest BCUT2D eigenvalue weighted by molar-refractivity contribution is -0.118. The second-order valence-corrected chi connectivity index (χ2v) is 8.59. The van der Waals surface area contributed by atoms with Gasteiger partial charge in [0, 0.05) is 11.4 Å². The molecule has 0 fully saturated rings. The molecule has 0 saturated heterocycles. The smallest absolute Gasteiger partial charge is 0.262 e. The van der Waals surface area contributed by atoms with Gasteiger partial charge in [-0.15, -0.1) is 0 Å². The van der Waals surface area contributed by atoms with Gasteiger partial charge < -0.3 is 14.8 Å². The van der Waals surface area contributed by atoms with Crippen LogP contribution in [-0.4, -0.2) is 27.5 Å². The fourth-order valence-electron chi connectivity index (χ4n) is 2.86. The van der Waals surface area contributed by atoms with Crippen molar-refractivity contribution in [3.63, 3.8) is 0 Å². The predicted octanol–water partition coefficient (Wildman–Crippen LogP) is 3.97. The van der Waals surface area contributed by atoms with Gasteiger partial charge in [0.15, 0.2) is 6.61 Å². The minimum atomic E-state index is -3.78. The lowest BCUT2D eigenvalue weighted by atomic mass is 10.1. The highest BCUT2D eigenvalue weighted by Crippen LogP contribution is 2.21. The number of nitriles is 1. The monoisotopic (exact) mass is 465 g/mol. The maximum absolute atomic E-state index is 12.6. The minimum absolute atomic E-state index is 0.0608. The van der Waals surface area contributed by atoms with Crippen LogP contribution in [0.1, 0.15) is 12.5 Å². The molecule has 0 aromatic heterocycles. The van der Waals surface area contributed by atoms with E-state index < -0.39 is 10.0 Å². The van der Waals surface area contributed by atoms with Gasteiger partial charge in [-0.3, -0.25) is 9.52 Å². The summed E-state index contributed by atoms with van der Waals surface area (Å²) in [6, 6.07) is 21.4. The number of nitrogens with one attached hydrogen (secondary N) is 2. The number of sulfonamides is 1. The molecule has 0 aliphatic rings. The number of carbonyl (C=O) groups excluding carboxylic acids is 1. The van der Waals surface area contributed by atoms with E-state index in [0.717, 1.165) is 5.56 Å². The zero-order chi connectivity index (χ0) is 23.7. The highest BCUT2D eigenvalue weighted by atomic mass is 32.2. The van der Waals surface area contributed by atoms with Gasteiger partial charge >= 0.3 is 0 Å². The second kappa shape index (κ2) is 11.0. The van der Waals surface area contributed by atoms with Gasteiger partial charge in [0.05, 0.1) is 24.0 Å². The predicted molar refractivity (Wildman–Crippen MR) is 125 cm³/mol. The molecular formula is C24H23N3O5S. The molecule has 0 aliphatic carbocycles. The van der Waals surface area contributed by atoms with Crippen molar-refractivity contribution in [2.24, 2.45) is 0 Å². The van der Waals surface area contributed by atoms with Crippen molar-refractivity contribution in [3.05, 3.63) is 78.4 Å². The molecule has 3 rings (SSSR count). The van der Waals surface area contributed by atoms with Gasteiger partial charge in [-0.1, -0.05) is 12.1 Å². The Labute approximate surface area is 192 Å². The molecule has 0 atom stereocenters. The second-order valence-electron chi connectivity index (χ2n) is 6.90. The Morgan fingerprint density at radius 2 is 1.45 bits per heavy atom. The van der Waals surface area contributed by atoms with Crippen LogP contribution in [0.3, 0.4) is 0 Å². The summed E-state index contributed by atoms with van der Waals surface area (Å²) in [6.45, 7) is 2.15. The Morgan fingerprint density at radius 3 is 2.06 bits per heavy atom. The zero-order valence-electron chi connectivity index (χ0n) is 17.9. The van der Waals surface area contributed by atoms with Crippen molar-refractivity contribution in [1.82, 2.24) is 0 Å². The molecule has 0 heterocycles. The molecule has 3 aromatic carbocycles. The summed E-state index contributed by atoms with van der Waals surface area (Å²) in [5.74, 6) is 0.647.